The molecule has 162 valence electrons. The van der Waals surface area contributed by atoms with E-state index in [1.807, 2.05) is 12.1 Å². The molecule has 1 amide bonds. The molecule has 0 fully saturated rings. The third kappa shape index (κ3) is 4.58. The molecule has 0 radical (unpaired) electrons. The number of hydrogen-bond donors (Lipinski definition) is 0. The molecule has 0 aliphatic carbocycles. The number of amides is 1. The fourth-order valence-electron chi connectivity index (χ4n) is 3.55. The van der Waals surface area contributed by atoms with Crippen LogP contribution in [0.1, 0.15) is 16.7 Å². The van der Waals surface area contributed by atoms with Crippen molar-refractivity contribution in [3.8, 4) is 23.0 Å². The fourth-order valence-corrected chi connectivity index (χ4v) is 3.55. The van der Waals surface area contributed by atoms with Gasteiger partial charge in [-0.15, -0.1) is 0 Å². The van der Waals surface area contributed by atoms with E-state index in [4.69, 9.17) is 23.7 Å². The normalized spacial score (nSPS) is 14.3. The molecule has 0 atom stereocenters. The van der Waals surface area contributed by atoms with E-state index in [1.54, 1.807) is 43.4 Å². The Balaban J connectivity index is 1.31. The summed E-state index contributed by atoms with van der Waals surface area (Å²) in [5.74, 6) is 1.76. The van der Waals surface area contributed by atoms with Crippen LogP contribution in [0, 0.1) is 0 Å². The number of methoxy groups -OCH3 is 2. The fraction of sp³-hybridized carbons (Fsp3) is 0.304. The van der Waals surface area contributed by atoms with Crippen LogP contribution in [0.4, 0.5) is 0 Å². The molecule has 2 aliphatic rings. The third-order valence-electron chi connectivity index (χ3n) is 5.22. The first-order valence-corrected chi connectivity index (χ1v) is 9.83. The number of fused-ring (bicyclic) bond motifs is 2. The van der Waals surface area contributed by atoms with Crippen LogP contribution in [0.15, 0.2) is 36.4 Å². The predicted octanol–water partition coefficient (Wildman–Crippen LogP) is 2.57. The third-order valence-corrected chi connectivity index (χ3v) is 5.22. The lowest BCUT2D eigenvalue weighted by molar-refractivity contribution is -0.148. The van der Waals surface area contributed by atoms with Gasteiger partial charge in [-0.25, -0.2) is 4.79 Å². The van der Waals surface area contributed by atoms with Crippen LogP contribution in [0.2, 0.25) is 0 Å². The highest BCUT2D eigenvalue weighted by molar-refractivity contribution is 5.89. The summed E-state index contributed by atoms with van der Waals surface area (Å²) in [5, 5.41) is 0. The maximum Gasteiger partial charge on any atom is 0.331 e. The lowest BCUT2D eigenvalue weighted by atomic mass is 9.99. The van der Waals surface area contributed by atoms with E-state index in [0.29, 0.717) is 42.5 Å². The molecule has 0 saturated carbocycles. The average Bonchev–Trinajstić information content (AvgIpc) is 3.27. The molecule has 0 saturated heterocycles. The predicted molar refractivity (Wildman–Crippen MR) is 111 cm³/mol. The van der Waals surface area contributed by atoms with Crippen molar-refractivity contribution in [3.05, 3.63) is 53.1 Å². The molecule has 8 nitrogen and oxygen atoms in total. The van der Waals surface area contributed by atoms with E-state index < -0.39 is 5.97 Å². The van der Waals surface area contributed by atoms with Gasteiger partial charge in [-0.1, -0.05) is 6.07 Å². The van der Waals surface area contributed by atoms with E-state index in [2.05, 4.69) is 0 Å². The van der Waals surface area contributed by atoms with E-state index in [-0.39, 0.29) is 19.3 Å². The van der Waals surface area contributed by atoms with Crippen LogP contribution >= 0.6 is 0 Å². The van der Waals surface area contributed by atoms with Gasteiger partial charge in [-0.3, -0.25) is 4.79 Å². The highest BCUT2D eigenvalue weighted by Crippen LogP contribution is 2.34. The van der Waals surface area contributed by atoms with Gasteiger partial charge in [0.1, 0.15) is 0 Å². The van der Waals surface area contributed by atoms with Crippen molar-refractivity contribution < 1.29 is 33.3 Å². The Hall–Kier alpha value is -3.68. The summed E-state index contributed by atoms with van der Waals surface area (Å²) in [5.41, 5.74) is 2.88. The van der Waals surface area contributed by atoms with Gasteiger partial charge in [0.2, 0.25) is 6.79 Å². The number of ether oxygens (including phenoxy) is 5. The van der Waals surface area contributed by atoms with E-state index in [9.17, 15) is 9.59 Å². The Kier molecular flexibility index (Phi) is 5.97. The number of rotatable bonds is 6. The second kappa shape index (κ2) is 8.99. The van der Waals surface area contributed by atoms with Crippen molar-refractivity contribution in [2.45, 2.75) is 13.0 Å². The van der Waals surface area contributed by atoms with Gasteiger partial charge in [-0.2, -0.15) is 0 Å². The molecule has 0 unspecified atom stereocenters. The molecule has 31 heavy (non-hydrogen) atoms. The summed E-state index contributed by atoms with van der Waals surface area (Å²) in [4.78, 5) is 26.2. The molecule has 2 aromatic rings. The molecule has 0 N–H and O–H groups in total. The van der Waals surface area contributed by atoms with Crippen LogP contribution in [0.3, 0.4) is 0 Å². The maximum atomic E-state index is 12.5. The molecule has 8 heteroatoms. The molecule has 0 bridgehead atoms. The molecule has 2 heterocycles. The van der Waals surface area contributed by atoms with Gasteiger partial charge >= 0.3 is 5.97 Å². The number of carbonyl (C=O) groups excluding carboxylic acids is 2. The lowest BCUT2D eigenvalue weighted by Gasteiger charge is -2.29. The summed E-state index contributed by atoms with van der Waals surface area (Å²) in [6, 6.07) is 9.17. The Morgan fingerprint density at radius 2 is 1.77 bits per heavy atom. The second-order valence-electron chi connectivity index (χ2n) is 7.09. The number of nitrogens with zero attached hydrogens (tertiary/aromatic N) is 1. The minimum Gasteiger partial charge on any atom is -0.493 e. The van der Waals surface area contributed by atoms with Crippen LogP contribution in [-0.4, -0.2) is 50.9 Å². The molecule has 4 rings (SSSR count). The molecular weight excluding hydrogens is 402 g/mol. The van der Waals surface area contributed by atoms with Crippen LogP contribution < -0.4 is 18.9 Å². The summed E-state index contributed by atoms with van der Waals surface area (Å²) >= 11 is 0. The van der Waals surface area contributed by atoms with Crippen molar-refractivity contribution in [1.82, 2.24) is 4.90 Å². The molecule has 0 spiro atoms. The van der Waals surface area contributed by atoms with E-state index >= 15 is 0 Å². The van der Waals surface area contributed by atoms with Crippen molar-refractivity contribution in [2.24, 2.45) is 0 Å². The van der Waals surface area contributed by atoms with Crippen molar-refractivity contribution >= 4 is 18.0 Å². The lowest BCUT2D eigenvalue weighted by Crippen LogP contribution is -2.38. The number of benzene rings is 2. The highest BCUT2D eigenvalue weighted by Gasteiger charge is 2.23. The first-order chi connectivity index (χ1) is 15.1. The Morgan fingerprint density at radius 3 is 2.55 bits per heavy atom. The smallest absolute Gasteiger partial charge is 0.331 e. The summed E-state index contributed by atoms with van der Waals surface area (Å²) < 4.78 is 26.4. The second-order valence-corrected chi connectivity index (χ2v) is 7.09. The average molecular weight is 425 g/mol. The molecular formula is C23H23NO7. The van der Waals surface area contributed by atoms with Crippen LogP contribution in [0.25, 0.3) is 6.08 Å². The zero-order valence-corrected chi connectivity index (χ0v) is 17.4. The highest BCUT2D eigenvalue weighted by atomic mass is 16.7. The van der Waals surface area contributed by atoms with Gasteiger partial charge in [0.25, 0.3) is 5.91 Å². The number of esters is 1. The molecule has 0 aromatic heterocycles. The number of hydrogen-bond acceptors (Lipinski definition) is 7. The van der Waals surface area contributed by atoms with Gasteiger partial charge in [0.15, 0.2) is 29.6 Å². The standard InChI is InChI=1S/C23H23NO7/c1-27-19-10-16-7-8-24(12-17(16)11-20(19)28-2)22(25)13-29-23(26)6-4-15-3-5-18-21(9-15)31-14-30-18/h3-6,9-11H,7-8,12-14H2,1-2H3/b6-4+. The quantitative estimate of drug-likeness (QED) is 0.520. The summed E-state index contributed by atoms with van der Waals surface area (Å²) in [6.07, 6.45) is 3.58. The maximum absolute atomic E-state index is 12.5. The van der Waals surface area contributed by atoms with Gasteiger partial charge in [0.05, 0.1) is 14.2 Å². The molecule has 2 aromatic carbocycles. The van der Waals surface area contributed by atoms with Crippen molar-refractivity contribution in [3.63, 3.8) is 0 Å². The van der Waals surface area contributed by atoms with Gasteiger partial charge < -0.3 is 28.6 Å². The SMILES string of the molecule is COc1cc2c(cc1OC)CN(C(=O)COC(=O)/C=C/c1ccc3c(c1)OCO3)CC2. The van der Waals surface area contributed by atoms with Crippen molar-refractivity contribution in [1.29, 1.82) is 0 Å². The first kappa shape index (κ1) is 20.6. The first-order valence-electron chi connectivity index (χ1n) is 9.83. The monoisotopic (exact) mass is 425 g/mol. The zero-order chi connectivity index (χ0) is 21.8. The van der Waals surface area contributed by atoms with E-state index in [1.165, 1.54) is 6.08 Å². The summed E-state index contributed by atoms with van der Waals surface area (Å²) in [7, 11) is 3.17. The largest absolute Gasteiger partial charge is 0.493 e. The number of carbonyl (C=O) groups is 2. The van der Waals surface area contributed by atoms with Gasteiger partial charge in [0, 0.05) is 19.2 Å². The van der Waals surface area contributed by atoms with Crippen LogP contribution in [-0.2, 0) is 27.3 Å². The minimum atomic E-state index is -0.588. The summed E-state index contributed by atoms with van der Waals surface area (Å²) in [6.45, 7) is 0.853. The topological polar surface area (TPSA) is 83.5 Å². The van der Waals surface area contributed by atoms with Crippen molar-refractivity contribution in [2.75, 3.05) is 34.2 Å². The Morgan fingerprint density at radius 1 is 1.03 bits per heavy atom. The zero-order valence-electron chi connectivity index (χ0n) is 17.4. The Labute approximate surface area is 179 Å². The minimum absolute atomic E-state index is 0.188. The van der Waals surface area contributed by atoms with Gasteiger partial charge in [-0.05, 0) is 53.5 Å². The van der Waals surface area contributed by atoms with E-state index in [0.717, 1.165) is 16.7 Å². The molecule has 2 aliphatic heterocycles. The Bertz CT molecular complexity index is 1030. The van der Waals surface area contributed by atoms with Crippen LogP contribution in [0.5, 0.6) is 23.0 Å².